The van der Waals surface area contributed by atoms with E-state index in [1.54, 1.807) is 17.9 Å². The minimum atomic E-state index is -0.938. The summed E-state index contributed by atoms with van der Waals surface area (Å²) in [7, 11) is 0. The summed E-state index contributed by atoms with van der Waals surface area (Å²) in [4.78, 5) is 31.2. The smallest absolute Gasteiger partial charge is 0.267 e. The molecule has 4 rings (SSSR count). The van der Waals surface area contributed by atoms with Crippen LogP contribution in [0.25, 0.3) is 10.9 Å². The van der Waals surface area contributed by atoms with Crippen LogP contribution >= 0.6 is 0 Å². The molecule has 8 heteroatoms. The lowest BCUT2D eigenvalue weighted by atomic mass is 9.88. The molecular weight excluding hydrogens is 390 g/mol. The summed E-state index contributed by atoms with van der Waals surface area (Å²) in [5.74, 6) is -0.619. The second kappa shape index (κ2) is 8.34. The molecule has 1 unspecified atom stereocenters. The number of benzene rings is 1. The molecule has 2 heterocycles. The predicted molar refractivity (Wildman–Crippen MR) is 111 cm³/mol. The molecule has 1 aliphatic heterocycles. The molecule has 6 nitrogen and oxygen atoms in total. The van der Waals surface area contributed by atoms with Gasteiger partial charge in [-0.2, -0.15) is 0 Å². The number of halogens is 2. The van der Waals surface area contributed by atoms with Gasteiger partial charge in [-0.1, -0.05) is 6.07 Å². The van der Waals surface area contributed by atoms with E-state index in [0.717, 1.165) is 5.56 Å². The average molecular weight is 418 g/mol. The molecule has 1 aliphatic carbocycles. The molecule has 1 saturated carbocycles. The quantitative estimate of drug-likeness (QED) is 0.806. The highest BCUT2D eigenvalue weighted by Crippen LogP contribution is 2.28. The van der Waals surface area contributed by atoms with Crippen LogP contribution in [0.15, 0.2) is 18.2 Å². The fourth-order valence-electron chi connectivity index (χ4n) is 4.70. The highest BCUT2D eigenvalue weighted by Gasteiger charge is 2.36. The minimum Gasteiger partial charge on any atom is -0.350 e. The number of aromatic nitrogens is 1. The zero-order valence-electron chi connectivity index (χ0n) is 17.4. The van der Waals surface area contributed by atoms with Gasteiger partial charge in [0.1, 0.15) is 17.7 Å². The molecule has 2 aliphatic rings. The first-order valence-electron chi connectivity index (χ1n) is 10.6. The molecule has 2 aromatic rings. The van der Waals surface area contributed by atoms with E-state index in [-0.39, 0.29) is 29.7 Å². The number of rotatable bonds is 3. The number of carbonyl (C=O) groups excluding carboxylic acids is 2. The summed E-state index contributed by atoms with van der Waals surface area (Å²) in [6.45, 7) is 5.92. The molecular formula is C22H28F2N4O2. The number of amides is 2. The summed E-state index contributed by atoms with van der Waals surface area (Å²) in [6, 6.07) is 4.20. The standard InChI is InChI=1S/C22H28F2N4O2/c1-13-3-5-17(23)16-12-19(26-21(13)16)22(30)25-15-4-6-18(24)20(11-15)28-9-7-27(8-10-28)14(2)29/h3,5,12,15,18,20,26H,4,6-11H2,1-2H3,(H,25,30)/t15-,18?,20-/m1/s1. The van der Waals surface area contributed by atoms with Crippen molar-refractivity contribution < 1.29 is 18.4 Å². The topological polar surface area (TPSA) is 68.4 Å². The van der Waals surface area contributed by atoms with Crippen molar-refractivity contribution in [3.05, 3.63) is 35.3 Å². The zero-order valence-corrected chi connectivity index (χ0v) is 17.4. The first-order valence-corrected chi connectivity index (χ1v) is 10.6. The van der Waals surface area contributed by atoms with E-state index in [2.05, 4.69) is 15.2 Å². The molecule has 0 bridgehead atoms. The fourth-order valence-corrected chi connectivity index (χ4v) is 4.70. The van der Waals surface area contributed by atoms with Crippen molar-refractivity contribution in [1.82, 2.24) is 20.1 Å². The van der Waals surface area contributed by atoms with Gasteiger partial charge in [0.25, 0.3) is 5.91 Å². The molecule has 30 heavy (non-hydrogen) atoms. The Balaban J connectivity index is 1.41. The molecule has 2 N–H and O–H groups in total. The van der Waals surface area contributed by atoms with Crippen molar-refractivity contribution in [1.29, 1.82) is 0 Å². The lowest BCUT2D eigenvalue weighted by molar-refractivity contribution is -0.131. The van der Waals surface area contributed by atoms with Gasteiger partial charge >= 0.3 is 0 Å². The SMILES string of the molecule is CC(=O)N1CCN([C@@H]2C[C@H](NC(=O)c3cc4c(F)ccc(C)c4[nH]3)CCC2F)CC1. The third-order valence-electron chi connectivity index (χ3n) is 6.49. The number of fused-ring (bicyclic) bond motifs is 1. The highest BCUT2D eigenvalue weighted by molar-refractivity contribution is 5.99. The van der Waals surface area contributed by atoms with Crippen LogP contribution in [0.5, 0.6) is 0 Å². The van der Waals surface area contributed by atoms with Crippen LogP contribution in [0.1, 0.15) is 42.2 Å². The van der Waals surface area contributed by atoms with Gasteiger partial charge in [0.15, 0.2) is 0 Å². The lowest BCUT2D eigenvalue weighted by Gasteiger charge is -2.43. The van der Waals surface area contributed by atoms with Crippen LogP contribution in [0, 0.1) is 12.7 Å². The van der Waals surface area contributed by atoms with Crippen LogP contribution in [0.2, 0.25) is 0 Å². The predicted octanol–water partition coefficient (Wildman–Crippen LogP) is 2.77. The molecule has 2 fully saturated rings. The molecule has 0 spiro atoms. The van der Waals surface area contributed by atoms with Crippen LogP contribution in [0.4, 0.5) is 8.78 Å². The number of carbonyl (C=O) groups is 2. The van der Waals surface area contributed by atoms with E-state index in [1.165, 1.54) is 12.1 Å². The number of aryl methyl sites for hydroxylation is 1. The molecule has 1 aromatic heterocycles. The Bertz CT molecular complexity index is 913. The Morgan fingerprint density at radius 3 is 2.57 bits per heavy atom. The van der Waals surface area contributed by atoms with Crippen LogP contribution in [-0.4, -0.2) is 71.0 Å². The summed E-state index contributed by atoms with van der Waals surface area (Å²) < 4.78 is 28.7. The van der Waals surface area contributed by atoms with Crippen LogP contribution < -0.4 is 5.32 Å². The molecule has 3 atom stereocenters. The Kier molecular flexibility index (Phi) is 5.77. The van der Waals surface area contributed by atoms with Crippen molar-refractivity contribution in [2.24, 2.45) is 0 Å². The Labute approximate surface area is 174 Å². The fraction of sp³-hybridized carbons (Fsp3) is 0.545. The number of nitrogens with zero attached hydrogens (tertiary/aromatic N) is 2. The number of nitrogens with one attached hydrogen (secondary N) is 2. The third-order valence-corrected chi connectivity index (χ3v) is 6.49. The van der Waals surface area contributed by atoms with Crippen LogP contribution in [-0.2, 0) is 4.79 Å². The molecule has 1 saturated heterocycles. The van der Waals surface area contributed by atoms with Gasteiger partial charge in [-0.3, -0.25) is 14.5 Å². The minimum absolute atomic E-state index is 0.0465. The summed E-state index contributed by atoms with van der Waals surface area (Å²) >= 11 is 0. The number of hydrogen-bond donors (Lipinski definition) is 2. The average Bonchev–Trinajstić information content (AvgIpc) is 3.19. The second-order valence-electron chi connectivity index (χ2n) is 8.44. The van der Waals surface area contributed by atoms with Gasteiger partial charge in [-0.15, -0.1) is 0 Å². The summed E-state index contributed by atoms with van der Waals surface area (Å²) in [5.41, 5.74) is 1.80. The molecule has 162 valence electrons. The molecule has 2 amide bonds. The van der Waals surface area contributed by atoms with Crippen molar-refractivity contribution in [2.45, 2.75) is 51.4 Å². The van der Waals surface area contributed by atoms with Gasteiger partial charge in [0.2, 0.25) is 5.91 Å². The van der Waals surface area contributed by atoms with E-state index in [0.29, 0.717) is 62.0 Å². The van der Waals surface area contributed by atoms with E-state index in [1.807, 2.05) is 6.92 Å². The van der Waals surface area contributed by atoms with E-state index >= 15 is 0 Å². The first kappa shape index (κ1) is 20.8. The maximum Gasteiger partial charge on any atom is 0.267 e. The largest absolute Gasteiger partial charge is 0.350 e. The maximum atomic E-state index is 14.7. The monoisotopic (exact) mass is 418 g/mol. The van der Waals surface area contributed by atoms with E-state index in [4.69, 9.17) is 0 Å². The summed E-state index contributed by atoms with van der Waals surface area (Å²) in [6.07, 6.45) is 0.556. The first-order chi connectivity index (χ1) is 14.3. The summed E-state index contributed by atoms with van der Waals surface area (Å²) in [5, 5.41) is 3.40. The Hall–Kier alpha value is -2.48. The van der Waals surface area contributed by atoms with Gasteiger partial charge in [0, 0.05) is 50.6 Å². The Morgan fingerprint density at radius 2 is 1.90 bits per heavy atom. The van der Waals surface area contributed by atoms with Crippen molar-refractivity contribution in [3.8, 4) is 0 Å². The molecule has 0 radical (unpaired) electrons. The normalized spacial score (nSPS) is 25.5. The van der Waals surface area contributed by atoms with Gasteiger partial charge in [-0.05, 0) is 43.9 Å². The van der Waals surface area contributed by atoms with Crippen LogP contribution in [0.3, 0.4) is 0 Å². The zero-order chi connectivity index (χ0) is 21.4. The maximum absolute atomic E-state index is 14.7. The van der Waals surface area contributed by atoms with Crippen molar-refractivity contribution in [3.63, 3.8) is 0 Å². The van der Waals surface area contributed by atoms with E-state index < -0.39 is 6.17 Å². The molecule has 1 aromatic carbocycles. The van der Waals surface area contributed by atoms with Gasteiger partial charge < -0.3 is 15.2 Å². The highest BCUT2D eigenvalue weighted by atomic mass is 19.1. The third kappa shape index (κ3) is 4.05. The van der Waals surface area contributed by atoms with Gasteiger partial charge in [-0.25, -0.2) is 8.78 Å². The number of piperazine rings is 1. The van der Waals surface area contributed by atoms with Gasteiger partial charge in [0.05, 0.1) is 5.52 Å². The second-order valence-corrected chi connectivity index (χ2v) is 8.44. The van der Waals surface area contributed by atoms with Crippen molar-refractivity contribution >= 4 is 22.7 Å². The van der Waals surface area contributed by atoms with E-state index in [9.17, 15) is 18.4 Å². The Morgan fingerprint density at radius 1 is 1.17 bits per heavy atom. The number of aromatic amines is 1. The number of hydrogen-bond acceptors (Lipinski definition) is 3. The number of H-pyrrole nitrogens is 1. The lowest BCUT2D eigenvalue weighted by Crippen LogP contribution is -2.57. The number of alkyl halides is 1. The van der Waals surface area contributed by atoms with Crippen molar-refractivity contribution in [2.75, 3.05) is 26.2 Å².